The van der Waals surface area contributed by atoms with Crippen molar-refractivity contribution in [2.75, 3.05) is 13.7 Å². The van der Waals surface area contributed by atoms with Crippen LogP contribution in [0.25, 0.3) is 0 Å². The van der Waals surface area contributed by atoms with Gasteiger partial charge in [0.05, 0.1) is 12.6 Å². The van der Waals surface area contributed by atoms with Crippen LogP contribution in [0.5, 0.6) is 0 Å². The van der Waals surface area contributed by atoms with E-state index in [-0.39, 0.29) is 0 Å². The van der Waals surface area contributed by atoms with Crippen molar-refractivity contribution < 1.29 is 4.74 Å². The Kier molecular flexibility index (Phi) is 3.82. The van der Waals surface area contributed by atoms with Crippen LogP contribution in [0, 0.1) is 0 Å². The number of halogens is 1. The summed E-state index contributed by atoms with van der Waals surface area (Å²) in [6.45, 7) is 2.85. The summed E-state index contributed by atoms with van der Waals surface area (Å²) < 4.78 is 5.22. The normalized spacial score (nSPS) is 29.6. The van der Waals surface area contributed by atoms with E-state index in [1.807, 2.05) is 18.2 Å². The van der Waals surface area contributed by atoms with Crippen LogP contribution in [-0.2, 0) is 4.74 Å². The van der Waals surface area contributed by atoms with Crippen molar-refractivity contribution in [3.05, 3.63) is 34.9 Å². The van der Waals surface area contributed by atoms with Gasteiger partial charge in [0.1, 0.15) is 0 Å². The van der Waals surface area contributed by atoms with Gasteiger partial charge in [-0.1, -0.05) is 23.7 Å². The number of methoxy groups -OCH3 is 1. The van der Waals surface area contributed by atoms with Gasteiger partial charge in [-0.05, 0) is 24.6 Å². The Labute approximate surface area is 101 Å². The lowest BCUT2D eigenvalue weighted by Gasteiger charge is -2.20. The van der Waals surface area contributed by atoms with Crippen LogP contribution in [0.2, 0.25) is 5.02 Å². The lowest BCUT2D eigenvalue weighted by molar-refractivity contribution is 0.165. The molecule has 0 bridgehead atoms. The standard InChI is InChI=1S/C12H17ClN2O/c1-8-12(11(7-16-2)15-14-8)9-4-3-5-10(13)6-9/h3-6,8,11-12,14-15H,7H2,1-2H3. The van der Waals surface area contributed by atoms with Crippen molar-refractivity contribution in [2.45, 2.75) is 24.9 Å². The highest BCUT2D eigenvalue weighted by Crippen LogP contribution is 2.28. The molecule has 4 heteroatoms. The number of ether oxygens (including phenoxy) is 1. The first kappa shape index (κ1) is 11.9. The molecule has 1 fully saturated rings. The zero-order chi connectivity index (χ0) is 11.5. The van der Waals surface area contributed by atoms with Crippen LogP contribution >= 0.6 is 11.6 Å². The summed E-state index contributed by atoms with van der Waals surface area (Å²) in [5, 5.41) is 0.785. The van der Waals surface area contributed by atoms with Crippen molar-refractivity contribution in [3.8, 4) is 0 Å². The molecular weight excluding hydrogens is 224 g/mol. The summed E-state index contributed by atoms with van der Waals surface area (Å²) in [5.74, 6) is 0.388. The topological polar surface area (TPSA) is 33.3 Å². The summed E-state index contributed by atoms with van der Waals surface area (Å²) in [7, 11) is 1.72. The molecule has 1 aromatic carbocycles. The second-order valence-corrected chi connectivity index (χ2v) is 4.66. The minimum absolute atomic E-state index is 0.290. The predicted octanol–water partition coefficient (Wildman–Crippen LogP) is 1.93. The monoisotopic (exact) mass is 240 g/mol. The highest BCUT2D eigenvalue weighted by atomic mass is 35.5. The SMILES string of the molecule is COCC1NNC(C)C1c1cccc(Cl)c1. The molecular formula is C12H17ClN2O. The Morgan fingerprint density at radius 3 is 2.88 bits per heavy atom. The fourth-order valence-corrected chi connectivity index (χ4v) is 2.53. The van der Waals surface area contributed by atoms with Gasteiger partial charge in [-0.15, -0.1) is 0 Å². The van der Waals surface area contributed by atoms with E-state index in [4.69, 9.17) is 16.3 Å². The Bertz CT molecular complexity index is 357. The third kappa shape index (κ3) is 2.38. The zero-order valence-corrected chi connectivity index (χ0v) is 10.3. The molecule has 16 heavy (non-hydrogen) atoms. The predicted molar refractivity (Wildman–Crippen MR) is 65.6 cm³/mol. The molecule has 1 saturated heterocycles. The highest BCUT2D eigenvalue weighted by molar-refractivity contribution is 6.30. The van der Waals surface area contributed by atoms with Gasteiger partial charge in [0, 0.05) is 24.1 Å². The van der Waals surface area contributed by atoms with Gasteiger partial charge in [-0.25, -0.2) is 0 Å². The third-order valence-electron chi connectivity index (χ3n) is 3.05. The van der Waals surface area contributed by atoms with Gasteiger partial charge < -0.3 is 4.74 Å². The number of hydrogen-bond donors (Lipinski definition) is 2. The Balaban J connectivity index is 2.22. The third-order valence-corrected chi connectivity index (χ3v) is 3.28. The van der Waals surface area contributed by atoms with Crippen molar-refractivity contribution in [2.24, 2.45) is 0 Å². The number of hydrazine groups is 1. The first-order valence-electron chi connectivity index (χ1n) is 5.48. The molecule has 1 aliphatic rings. The summed E-state index contributed by atoms with van der Waals surface area (Å²) >= 11 is 6.02. The van der Waals surface area contributed by atoms with E-state index in [2.05, 4.69) is 23.8 Å². The Morgan fingerprint density at radius 2 is 2.19 bits per heavy atom. The minimum atomic E-state index is 0.290. The summed E-state index contributed by atoms with van der Waals surface area (Å²) in [4.78, 5) is 0. The van der Waals surface area contributed by atoms with E-state index >= 15 is 0 Å². The zero-order valence-electron chi connectivity index (χ0n) is 9.53. The minimum Gasteiger partial charge on any atom is -0.383 e. The van der Waals surface area contributed by atoms with Crippen LogP contribution in [0.1, 0.15) is 18.4 Å². The molecule has 3 atom stereocenters. The number of rotatable bonds is 3. The molecule has 0 spiro atoms. The Morgan fingerprint density at radius 1 is 1.38 bits per heavy atom. The summed E-state index contributed by atoms with van der Waals surface area (Å²) in [6.07, 6.45) is 0. The average Bonchev–Trinajstić information content (AvgIpc) is 2.60. The van der Waals surface area contributed by atoms with Gasteiger partial charge in [0.15, 0.2) is 0 Å². The van der Waals surface area contributed by atoms with Crippen molar-refractivity contribution >= 4 is 11.6 Å². The molecule has 2 N–H and O–H groups in total. The van der Waals surface area contributed by atoms with Crippen molar-refractivity contribution in [1.29, 1.82) is 0 Å². The first-order chi connectivity index (χ1) is 7.72. The fraction of sp³-hybridized carbons (Fsp3) is 0.500. The molecule has 0 aromatic heterocycles. The quantitative estimate of drug-likeness (QED) is 0.847. The largest absolute Gasteiger partial charge is 0.383 e. The molecule has 1 aliphatic heterocycles. The summed E-state index contributed by atoms with van der Waals surface area (Å²) in [5.41, 5.74) is 7.76. The van der Waals surface area contributed by atoms with Crippen molar-refractivity contribution in [1.82, 2.24) is 10.9 Å². The van der Waals surface area contributed by atoms with Crippen LogP contribution in [0.15, 0.2) is 24.3 Å². The van der Waals surface area contributed by atoms with Crippen molar-refractivity contribution in [3.63, 3.8) is 0 Å². The van der Waals surface area contributed by atoms with Gasteiger partial charge in [0.25, 0.3) is 0 Å². The second kappa shape index (κ2) is 5.15. The average molecular weight is 241 g/mol. The van der Waals surface area contributed by atoms with E-state index < -0.39 is 0 Å². The van der Waals surface area contributed by atoms with E-state index in [1.54, 1.807) is 7.11 Å². The molecule has 2 rings (SSSR count). The van der Waals surface area contributed by atoms with E-state index in [1.165, 1.54) is 5.56 Å². The smallest absolute Gasteiger partial charge is 0.0636 e. The molecule has 3 nitrogen and oxygen atoms in total. The van der Waals surface area contributed by atoms with Crippen LogP contribution in [-0.4, -0.2) is 25.8 Å². The molecule has 88 valence electrons. The maximum absolute atomic E-state index is 6.02. The van der Waals surface area contributed by atoms with Crippen LogP contribution < -0.4 is 10.9 Å². The lowest BCUT2D eigenvalue weighted by Crippen LogP contribution is -2.35. The molecule has 1 heterocycles. The van der Waals surface area contributed by atoms with Gasteiger partial charge >= 0.3 is 0 Å². The maximum atomic E-state index is 6.02. The van der Waals surface area contributed by atoms with E-state index in [0.717, 1.165) is 5.02 Å². The first-order valence-corrected chi connectivity index (χ1v) is 5.85. The van der Waals surface area contributed by atoms with Gasteiger partial charge in [-0.2, -0.15) is 0 Å². The van der Waals surface area contributed by atoms with Crippen LogP contribution in [0.4, 0.5) is 0 Å². The molecule has 3 unspecified atom stereocenters. The van der Waals surface area contributed by atoms with E-state index in [0.29, 0.717) is 24.6 Å². The second-order valence-electron chi connectivity index (χ2n) is 4.22. The van der Waals surface area contributed by atoms with Gasteiger partial charge in [-0.3, -0.25) is 10.9 Å². The molecule has 1 aromatic rings. The highest BCUT2D eigenvalue weighted by Gasteiger charge is 2.34. The fourth-order valence-electron chi connectivity index (χ4n) is 2.33. The van der Waals surface area contributed by atoms with Crippen LogP contribution in [0.3, 0.4) is 0 Å². The number of nitrogens with one attached hydrogen (secondary N) is 2. The molecule has 0 aliphatic carbocycles. The van der Waals surface area contributed by atoms with Gasteiger partial charge in [0.2, 0.25) is 0 Å². The maximum Gasteiger partial charge on any atom is 0.0636 e. The molecule has 0 amide bonds. The van der Waals surface area contributed by atoms with E-state index in [9.17, 15) is 0 Å². The molecule has 0 saturated carbocycles. The summed E-state index contributed by atoms with van der Waals surface area (Å²) in [6, 6.07) is 8.70. The number of benzene rings is 1. The Hall–Kier alpha value is -0.610. The molecule has 0 radical (unpaired) electrons. The number of hydrogen-bond acceptors (Lipinski definition) is 3. The lowest BCUT2D eigenvalue weighted by atomic mass is 9.88.